The number of esters is 1. The Morgan fingerprint density at radius 2 is 2.19 bits per heavy atom. The average molecular weight is 285 g/mol. The van der Waals surface area contributed by atoms with Crippen molar-refractivity contribution in [3.63, 3.8) is 0 Å². The van der Waals surface area contributed by atoms with E-state index in [1.54, 1.807) is 19.2 Å². The summed E-state index contributed by atoms with van der Waals surface area (Å²) in [5.74, 6) is 0.205. The number of fused-ring (bicyclic) bond motifs is 1. The van der Waals surface area contributed by atoms with Gasteiger partial charge in [-0.25, -0.2) is 4.79 Å². The Bertz CT molecular complexity index is 550. The lowest BCUT2D eigenvalue weighted by Gasteiger charge is -2.02. The van der Waals surface area contributed by atoms with Crippen LogP contribution in [0.25, 0.3) is 10.9 Å². The minimum atomic E-state index is -0.469. The highest BCUT2D eigenvalue weighted by molar-refractivity contribution is 9.10. The molecular formula is C10H9BrN2O3. The van der Waals surface area contributed by atoms with Crippen LogP contribution in [0.4, 0.5) is 0 Å². The van der Waals surface area contributed by atoms with Crippen LogP contribution in [-0.2, 0) is 4.74 Å². The minimum absolute atomic E-state index is 0.265. The molecule has 16 heavy (non-hydrogen) atoms. The van der Waals surface area contributed by atoms with Gasteiger partial charge in [0.05, 0.1) is 24.2 Å². The quantitative estimate of drug-likeness (QED) is 0.858. The molecule has 1 heterocycles. The number of nitrogens with zero attached hydrogens (tertiary/aromatic N) is 1. The summed E-state index contributed by atoms with van der Waals surface area (Å²) in [4.78, 5) is 11.4. The topological polar surface area (TPSA) is 64.2 Å². The Hall–Kier alpha value is -1.56. The first-order valence-corrected chi connectivity index (χ1v) is 5.26. The molecule has 0 radical (unpaired) electrons. The van der Waals surface area contributed by atoms with Crippen molar-refractivity contribution in [3.05, 3.63) is 22.3 Å². The molecule has 84 valence electrons. The van der Waals surface area contributed by atoms with Crippen LogP contribution in [0.15, 0.2) is 16.6 Å². The van der Waals surface area contributed by atoms with E-state index in [0.29, 0.717) is 11.1 Å². The number of carbonyl (C=O) groups excluding carboxylic acids is 1. The second-order valence-electron chi connectivity index (χ2n) is 3.10. The van der Waals surface area contributed by atoms with Gasteiger partial charge in [0.25, 0.3) is 0 Å². The van der Waals surface area contributed by atoms with Crippen molar-refractivity contribution in [1.82, 2.24) is 10.2 Å². The number of carbonyl (C=O) groups is 1. The zero-order chi connectivity index (χ0) is 11.7. The van der Waals surface area contributed by atoms with Crippen molar-refractivity contribution >= 4 is 32.8 Å². The van der Waals surface area contributed by atoms with E-state index < -0.39 is 5.97 Å². The van der Waals surface area contributed by atoms with E-state index in [-0.39, 0.29) is 5.69 Å². The standard InChI is InChI=1S/C10H9BrN2O3/c1-15-8-4-7-5(3-6(8)11)9(13-12-7)10(14)16-2/h3-4H,1-2H3,(H,12,13). The maximum atomic E-state index is 11.4. The molecule has 0 bridgehead atoms. The van der Waals surface area contributed by atoms with Crippen molar-refractivity contribution < 1.29 is 14.3 Å². The molecule has 2 rings (SSSR count). The minimum Gasteiger partial charge on any atom is -0.495 e. The van der Waals surface area contributed by atoms with Crippen LogP contribution in [0.2, 0.25) is 0 Å². The fraction of sp³-hybridized carbons (Fsp3) is 0.200. The van der Waals surface area contributed by atoms with Crippen LogP contribution in [0, 0.1) is 0 Å². The highest BCUT2D eigenvalue weighted by Crippen LogP contribution is 2.30. The molecule has 0 saturated heterocycles. The Morgan fingerprint density at radius 3 is 2.81 bits per heavy atom. The molecule has 1 aromatic heterocycles. The molecule has 6 heteroatoms. The summed E-state index contributed by atoms with van der Waals surface area (Å²) in [6.45, 7) is 0. The van der Waals surface area contributed by atoms with Crippen LogP contribution in [-0.4, -0.2) is 30.4 Å². The van der Waals surface area contributed by atoms with Gasteiger partial charge in [-0.05, 0) is 22.0 Å². The number of methoxy groups -OCH3 is 2. The third-order valence-electron chi connectivity index (χ3n) is 2.21. The molecule has 0 aliphatic heterocycles. The van der Waals surface area contributed by atoms with E-state index >= 15 is 0 Å². The van der Waals surface area contributed by atoms with E-state index in [4.69, 9.17) is 4.74 Å². The number of H-pyrrole nitrogens is 1. The summed E-state index contributed by atoms with van der Waals surface area (Å²) >= 11 is 3.35. The Balaban J connectivity index is 2.65. The van der Waals surface area contributed by atoms with E-state index in [0.717, 1.165) is 9.99 Å². The van der Waals surface area contributed by atoms with Gasteiger partial charge in [-0.3, -0.25) is 5.10 Å². The summed E-state index contributed by atoms with van der Waals surface area (Å²) in [5.41, 5.74) is 0.987. The molecule has 2 aromatic rings. The van der Waals surface area contributed by atoms with E-state index in [2.05, 4.69) is 30.9 Å². The molecule has 0 unspecified atom stereocenters. The number of ether oxygens (including phenoxy) is 2. The molecular weight excluding hydrogens is 276 g/mol. The number of rotatable bonds is 2. The third kappa shape index (κ3) is 1.65. The first-order valence-electron chi connectivity index (χ1n) is 4.47. The predicted octanol–water partition coefficient (Wildman–Crippen LogP) is 2.12. The Labute approximate surface area is 99.9 Å². The predicted molar refractivity (Wildman–Crippen MR) is 61.7 cm³/mol. The summed E-state index contributed by atoms with van der Waals surface area (Å²) in [6.07, 6.45) is 0. The maximum absolute atomic E-state index is 11.4. The number of nitrogens with one attached hydrogen (secondary N) is 1. The Kier molecular flexibility index (Phi) is 2.82. The van der Waals surface area contributed by atoms with Crippen LogP contribution < -0.4 is 4.74 Å². The second-order valence-corrected chi connectivity index (χ2v) is 3.95. The largest absolute Gasteiger partial charge is 0.495 e. The molecule has 1 N–H and O–H groups in total. The van der Waals surface area contributed by atoms with Gasteiger partial charge < -0.3 is 9.47 Å². The number of halogens is 1. The highest BCUT2D eigenvalue weighted by atomic mass is 79.9. The van der Waals surface area contributed by atoms with E-state index in [9.17, 15) is 4.79 Å². The van der Waals surface area contributed by atoms with Gasteiger partial charge in [-0.1, -0.05) is 0 Å². The van der Waals surface area contributed by atoms with Crippen molar-refractivity contribution in [2.24, 2.45) is 0 Å². The summed E-state index contributed by atoms with van der Waals surface area (Å²) < 4.78 is 10.5. The zero-order valence-corrected chi connectivity index (χ0v) is 10.3. The normalized spacial score (nSPS) is 10.4. The summed E-state index contributed by atoms with van der Waals surface area (Å²) in [5, 5.41) is 7.35. The van der Waals surface area contributed by atoms with Crippen LogP contribution in [0.3, 0.4) is 0 Å². The lowest BCUT2D eigenvalue weighted by atomic mass is 10.2. The van der Waals surface area contributed by atoms with Crippen molar-refractivity contribution in [3.8, 4) is 5.75 Å². The molecule has 0 atom stereocenters. The molecule has 0 fully saturated rings. The van der Waals surface area contributed by atoms with Gasteiger partial charge in [0.1, 0.15) is 5.75 Å². The highest BCUT2D eigenvalue weighted by Gasteiger charge is 2.16. The summed E-state index contributed by atoms with van der Waals surface area (Å²) in [7, 11) is 2.89. The maximum Gasteiger partial charge on any atom is 0.359 e. The van der Waals surface area contributed by atoms with Crippen molar-refractivity contribution in [1.29, 1.82) is 0 Å². The second kappa shape index (κ2) is 4.13. The van der Waals surface area contributed by atoms with Gasteiger partial charge in [0, 0.05) is 11.5 Å². The Morgan fingerprint density at radius 1 is 1.44 bits per heavy atom. The molecule has 0 spiro atoms. The monoisotopic (exact) mass is 284 g/mol. The van der Waals surface area contributed by atoms with Crippen LogP contribution in [0.1, 0.15) is 10.5 Å². The number of aromatic amines is 1. The molecule has 1 aromatic carbocycles. The van der Waals surface area contributed by atoms with Gasteiger partial charge >= 0.3 is 5.97 Å². The van der Waals surface area contributed by atoms with E-state index in [1.807, 2.05) is 0 Å². The van der Waals surface area contributed by atoms with Gasteiger partial charge in [0.15, 0.2) is 5.69 Å². The molecule has 0 aliphatic carbocycles. The van der Waals surface area contributed by atoms with Crippen molar-refractivity contribution in [2.75, 3.05) is 14.2 Å². The first kappa shape index (κ1) is 10.9. The smallest absolute Gasteiger partial charge is 0.359 e. The van der Waals surface area contributed by atoms with Gasteiger partial charge in [0.2, 0.25) is 0 Å². The summed E-state index contributed by atoms with van der Waals surface area (Å²) in [6, 6.07) is 3.53. The van der Waals surface area contributed by atoms with Crippen LogP contribution in [0.5, 0.6) is 5.75 Å². The fourth-order valence-electron chi connectivity index (χ4n) is 1.43. The van der Waals surface area contributed by atoms with Crippen LogP contribution >= 0.6 is 15.9 Å². The molecule has 0 aliphatic rings. The average Bonchev–Trinajstić information content (AvgIpc) is 2.69. The molecule has 0 amide bonds. The number of benzene rings is 1. The molecule has 5 nitrogen and oxygen atoms in total. The lowest BCUT2D eigenvalue weighted by Crippen LogP contribution is -2.01. The number of aromatic nitrogens is 2. The van der Waals surface area contributed by atoms with Gasteiger partial charge in [-0.15, -0.1) is 0 Å². The number of hydrogen-bond donors (Lipinski definition) is 1. The first-order chi connectivity index (χ1) is 7.67. The SMILES string of the molecule is COC(=O)c1n[nH]c2cc(OC)c(Br)cc12. The number of hydrogen-bond acceptors (Lipinski definition) is 4. The zero-order valence-electron chi connectivity index (χ0n) is 8.70. The fourth-order valence-corrected chi connectivity index (χ4v) is 1.93. The van der Waals surface area contributed by atoms with Gasteiger partial charge in [-0.2, -0.15) is 5.10 Å². The lowest BCUT2D eigenvalue weighted by molar-refractivity contribution is 0.0596. The third-order valence-corrected chi connectivity index (χ3v) is 2.83. The van der Waals surface area contributed by atoms with E-state index in [1.165, 1.54) is 7.11 Å². The molecule has 0 saturated carbocycles. The van der Waals surface area contributed by atoms with Crippen molar-refractivity contribution in [2.45, 2.75) is 0 Å².